The lowest BCUT2D eigenvalue weighted by atomic mass is 10.0. The van der Waals surface area contributed by atoms with E-state index in [9.17, 15) is 13.2 Å². The van der Waals surface area contributed by atoms with Gasteiger partial charge in [-0.1, -0.05) is 60.3 Å². The number of carbonyl (C=O) groups is 1. The maximum Gasteiger partial charge on any atom is 0.238 e. The average Bonchev–Trinajstić information content (AvgIpc) is 3.15. The number of anilines is 1. The molecule has 0 aliphatic rings. The second-order valence-electron chi connectivity index (χ2n) is 7.08. The highest BCUT2D eigenvalue weighted by Crippen LogP contribution is 2.29. The number of fused-ring (bicyclic) bond motifs is 1. The van der Waals surface area contributed by atoms with Crippen LogP contribution in [-0.2, 0) is 21.4 Å². The first-order chi connectivity index (χ1) is 15.4. The van der Waals surface area contributed by atoms with Crippen LogP contribution in [0, 0.1) is 0 Å². The van der Waals surface area contributed by atoms with Crippen molar-refractivity contribution < 1.29 is 13.2 Å². The van der Waals surface area contributed by atoms with Crippen molar-refractivity contribution >= 4 is 44.4 Å². The number of nitrogens with one attached hydrogen (secondary N) is 1. The molecule has 0 saturated heterocycles. The Hall–Kier alpha value is -3.14. The van der Waals surface area contributed by atoms with E-state index in [2.05, 4.69) is 10.3 Å². The predicted octanol–water partition coefficient (Wildman–Crippen LogP) is 4.10. The van der Waals surface area contributed by atoms with E-state index in [-0.39, 0.29) is 16.6 Å². The Balaban J connectivity index is 1.53. The molecule has 0 spiro atoms. The summed E-state index contributed by atoms with van der Waals surface area (Å²) in [6, 6.07) is 22.1. The molecule has 1 amide bonds. The van der Waals surface area contributed by atoms with Crippen molar-refractivity contribution in [2.75, 3.05) is 11.1 Å². The maximum atomic E-state index is 12.7. The summed E-state index contributed by atoms with van der Waals surface area (Å²) >= 11 is 1.30. The van der Waals surface area contributed by atoms with Crippen LogP contribution in [0.4, 0.5) is 5.69 Å². The Morgan fingerprint density at radius 1 is 1.06 bits per heavy atom. The fourth-order valence-corrected chi connectivity index (χ4v) is 4.87. The average molecular weight is 467 g/mol. The molecule has 9 heteroatoms. The van der Waals surface area contributed by atoms with Crippen molar-refractivity contribution in [1.82, 2.24) is 9.55 Å². The number of hydrogen-bond donors (Lipinski definition) is 2. The minimum Gasteiger partial charge on any atom is -0.325 e. The second kappa shape index (κ2) is 9.15. The number of rotatable bonds is 7. The quantitative estimate of drug-likeness (QED) is 0.399. The molecule has 3 aromatic carbocycles. The first kappa shape index (κ1) is 22.1. The van der Waals surface area contributed by atoms with Crippen molar-refractivity contribution in [2.24, 2.45) is 5.14 Å². The SMILES string of the molecule is CCn1c(SCC(=O)Nc2ccccc2-c2ccccc2)nc2cc(S(N)(=O)=O)ccc21. The van der Waals surface area contributed by atoms with Crippen LogP contribution in [0.2, 0.25) is 0 Å². The van der Waals surface area contributed by atoms with E-state index in [4.69, 9.17) is 5.14 Å². The Morgan fingerprint density at radius 3 is 2.50 bits per heavy atom. The number of thioether (sulfide) groups is 1. The van der Waals surface area contributed by atoms with Gasteiger partial charge in [0.2, 0.25) is 15.9 Å². The number of benzene rings is 3. The molecule has 0 aliphatic carbocycles. The molecule has 32 heavy (non-hydrogen) atoms. The van der Waals surface area contributed by atoms with Crippen molar-refractivity contribution in [1.29, 1.82) is 0 Å². The fourth-order valence-electron chi connectivity index (χ4n) is 3.46. The molecule has 4 rings (SSSR count). The smallest absolute Gasteiger partial charge is 0.238 e. The Morgan fingerprint density at radius 2 is 1.78 bits per heavy atom. The molecule has 4 aromatic rings. The van der Waals surface area contributed by atoms with Gasteiger partial charge in [-0.2, -0.15) is 0 Å². The Kier molecular flexibility index (Phi) is 6.31. The largest absolute Gasteiger partial charge is 0.325 e. The van der Waals surface area contributed by atoms with Gasteiger partial charge in [0.15, 0.2) is 5.16 Å². The number of primary sulfonamides is 1. The molecule has 3 N–H and O–H groups in total. The fraction of sp³-hybridized carbons (Fsp3) is 0.130. The molecule has 0 atom stereocenters. The summed E-state index contributed by atoms with van der Waals surface area (Å²) in [5.41, 5.74) is 4.02. The topological polar surface area (TPSA) is 107 Å². The van der Waals surface area contributed by atoms with Gasteiger partial charge in [0, 0.05) is 17.8 Å². The molecule has 1 heterocycles. The van der Waals surface area contributed by atoms with Crippen LogP contribution in [-0.4, -0.2) is 29.6 Å². The van der Waals surface area contributed by atoms with Gasteiger partial charge in [-0.05, 0) is 36.8 Å². The Labute approximate surface area is 190 Å². The van der Waals surface area contributed by atoms with E-state index in [1.807, 2.05) is 66.1 Å². The molecule has 164 valence electrons. The lowest BCUT2D eigenvalue weighted by molar-refractivity contribution is -0.113. The normalized spacial score (nSPS) is 11.6. The van der Waals surface area contributed by atoms with Crippen molar-refractivity contribution in [3.8, 4) is 11.1 Å². The van der Waals surface area contributed by atoms with E-state index >= 15 is 0 Å². The van der Waals surface area contributed by atoms with E-state index in [0.29, 0.717) is 17.2 Å². The second-order valence-corrected chi connectivity index (χ2v) is 9.59. The molecular formula is C23H22N4O3S2. The third kappa shape index (κ3) is 4.69. The van der Waals surface area contributed by atoms with E-state index in [1.165, 1.54) is 23.9 Å². The number of nitrogens with two attached hydrogens (primary N) is 1. The lowest BCUT2D eigenvalue weighted by Crippen LogP contribution is -2.15. The number of amides is 1. The van der Waals surface area contributed by atoms with Crippen LogP contribution >= 0.6 is 11.8 Å². The van der Waals surface area contributed by atoms with Gasteiger partial charge in [0.1, 0.15) is 0 Å². The van der Waals surface area contributed by atoms with Crippen LogP contribution in [0.1, 0.15) is 6.92 Å². The number of para-hydroxylation sites is 1. The van der Waals surface area contributed by atoms with Crippen molar-refractivity contribution in [3.63, 3.8) is 0 Å². The van der Waals surface area contributed by atoms with Gasteiger partial charge >= 0.3 is 0 Å². The molecule has 0 radical (unpaired) electrons. The number of imidazole rings is 1. The molecule has 0 unspecified atom stereocenters. The van der Waals surface area contributed by atoms with Crippen LogP contribution < -0.4 is 10.5 Å². The maximum absolute atomic E-state index is 12.7. The van der Waals surface area contributed by atoms with Gasteiger partial charge < -0.3 is 9.88 Å². The van der Waals surface area contributed by atoms with Crippen LogP contribution in [0.5, 0.6) is 0 Å². The van der Waals surface area contributed by atoms with Gasteiger partial charge in [-0.15, -0.1) is 0 Å². The highest BCUT2D eigenvalue weighted by atomic mass is 32.2. The van der Waals surface area contributed by atoms with E-state index in [0.717, 1.165) is 22.3 Å². The standard InChI is InChI=1S/C23H22N4O3S2/c1-2-27-21-13-12-17(32(24,29)30)14-20(21)26-23(27)31-15-22(28)25-19-11-7-6-10-18(19)16-8-4-3-5-9-16/h3-14H,2,15H2,1H3,(H,25,28)(H2,24,29,30). The third-order valence-electron chi connectivity index (χ3n) is 4.95. The summed E-state index contributed by atoms with van der Waals surface area (Å²) in [6.07, 6.45) is 0. The summed E-state index contributed by atoms with van der Waals surface area (Å²) in [7, 11) is -3.81. The molecule has 0 saturated carbocycles. The summed E-state index contributed by atoms with van der Waals surface area (Å²) in [5.74, 6) is 0.00686. The van der Waals surface area contributed by atoms with Gasteiger partial charge in [0.25, 0.3) is 0 Å². The van der Waals surface area contributed by atoms with Gasteiger partial charge in [0.05, 0.1) is 21.7 Å². The van der Waals surface area contributed by atoms with Crippen LogP contribution in [0.25, 0.3) is 22.2 Å². The first-order valence-corrected chi connectivity index (χ1v) is 12.5. The summed E-state index contributed by atoms with van der Waals surface area (Å²) in [5, 5.41) is 8.86. The lowest BCUT2D eigenvalue weighted by Gasteiger charge is -2.11. The number of nitrogens with zero attached hydrogens (tertiary/aromatic N) is 2. The Bertz CT molecular complexity index is 1380. The monoisotopic (exact) mass is 466 g/mol. The molecule has 7 nitrogen and oxygen atoms in total. The molecular weight excluding hydrogens is 444 g/mol. The summed E-state index contributed by atoms with van der Waals surface area (Å²) in [4.78, 5) is 17.2. The number of hydrogen-bond acceptors (Lipinski definition) is 5. The summed E-state index contributed by atoms with van der Waals surface area (Å²) in [6.45, 7) is 2.60. The van der Waals surface area contributed by atoms with E-state index < -0.39 is 10.0 Å². The number of aromatic nitrogens is 2. The highest BCUT2D eigenvalue weighted by molar-refractivity contribution is 7.99. The predicted molar refractivity (Wildman–Crippen MR) is 128 cm³/mol. The summed E-state index contributed by atoms with van der Waals surface area (Å²) < 4.78 is 25.2. The van der Waals surface area contributed by atoms with Gasteiger partial charge in [-0.25, -0.2) is 18.5 Å². The zero-order valence-corrected chi connectivity index (χ0v) is 19.0. The highest BCUT2D eigenvalue weighted by Gasteiger charge is 2.16. The number of carbonyl (C=O) groups excluding carboxylic acids is 1. The minimum absolute atomic E-state index is 0.0116. The van der Waals surface area contributed by atoms with Crippen molar-refractivity contribution in [2.45, 2.75) is 23.5 Å². The number of aryl methyl sites for hydroxylation is 1. The molecule has 0 aliphatic heterocycles. The number of sulfonamides is 1. The van der Waals surface area contributed by atoms with Gasteiger partial charge in [-0.3, -0.25) is 4.79 Å². The molecule has 0 fully saturated rings. The van der Waals surface area contributed by atoms with Crippen molar-refractivity contribution in [3.05, 3.63) is 72.8 Å². The van der Waals surface area contributed by atoms with Crippen LogP contribution in [0.15, 0.2) is 82.8 Å². The van der Waals surface area contributed by atoms with Crippen LogP contribution in [0.3, 0.4) is 0 Å². The third-order valence-corrected chi connectivity index (χ3v) is 6.84. The minimum atomic E-state index is -3.81. The zero-order chi connectivity index (χ0) is 22.7. The molecule has 0 bridgehead atoms. The zero-order valence-electron chi connectivity index (χ0n) is 17.4. The first-order valence-electron chi connectivity index (χ1n) is 9.97. The van der Waals surface area contributed by atoms with E-state index in [1.54, 1.807) is 6.07 Å². The molecule has 1 aromatic heterocycles.